The van der Waals surface area contributed by atoms with Crippen LogP contribution in [-0.2, 0) is 16.0 Å². The van der Waals surface area contributed by atoms with Crippen LogP contribution in [0, 0.1) is 0 Å². The fourth-order valence-electron chi connectivity index (χ4n) is 1.66. The van der Waals surface area contributed by atoms with Crippen molar-refractivity contribution in [3.63, 3.8) is 0 Å². The lowest BCUT2D eigenvalue weighted by atomic mass is 10.1. The molecule has 0 saturated carbocycles. The number of rotatable bonds is 8. The SMILES string of the molecule is CC(=O)OCC/C=C/C=C/C=C/CCc1ccc(O)cc1. The molecule has 1 rings (SSSR count). The molecule has 0 aromatic heterocycles. The van der Waals surface area contributed by atoms with Crippen molar-refractivity contribution in [3.05, 3.63) is 66.3 Å². The van der Waals surface area contributed by atoms with Crippen LogP contribution in [0.2, 0.25) is 0 Å². The number of carbonyl (C=O) groups is 1. The Hall–Kier alpha value is -2.29. The van der Waals surface area contributed by atoms with Crippen molar-refractivity contribution >= 4 is 5.97 Å². The average Bonchev–Trinajstić information content (AvgIpc) is 2.46. The second-order valence-corrected chi connectivity index (χ2v) is 4.58. The summed E-state index contributed by atoms with van der Waals surface area (Å²) in [6.07, 6.45) is 14.6. The van der Waals surface area contributed by atoms with Crippen LogP contribution in [0.25, 0.3) is 0 Å². The number of aromatic hydroxyl groups is 1. The Balaban J connectivity index is 2.11. The molecule has 0 atom stereocenters. The Labute approximate surface area is 126 Å². The van der Waals surface area contributed by atoms with Gasteiger partial charge < -0.3 is 9.84 Å². The Kier molecular flexibility index (Phi) is 8.38. The highest BCUT2D eigenvalue weighted by atomic mass is 16.5. The number of ether oxygens (including phenoxy) is 1. The maximum atomic E-state index is 10.5. The third-order valence-electron chi connectivity index (χ3n) is 2.73. The highest BCUT2D eigenvalue weighted by Gasteiger charge is 1.91. The molecule has 0 bridgehead atoms. The first-order valence-corrected chi connectivity index (χ1v) is 7.08. The zero-order valence-corrected chi connectivity index (χ0v) is 12.4. The van der Waals surface area contributed by atoms with Crippen LogP contribution in [0.1, 0.15) is 25.3 Å². The van der Waals surface area contributed by atoms with E-state index in [1.54, 1.807) is 12.1 Å². The molecule has 1 aromatic rings. The number of hydrogen-bond donors (Lipinski definition) is 1. The van der Waals surface area contributed by atoms with E-state index in [1.807, 2.05) is 42.5 Å². The van der Waals surface area contributed by atoms with Gasteiger partial charge in [0.05, 0.1) is 6.61 Å². The normalized spacial score (nSPS) is 11.7. The summed E-state index contributed by atoms with van der Waals surface area (Å²) in [4.78, 5) is 10.5. The van der Waals surface area contributed by atoms with Crippen molar-refractivity contribution in [1.82, 2.24) is 0 Å². The molecule has 0 aliphatic rings. The summed E-state index contributed by atoms with van der Waals surface area (Å²) in [6, 6.07) is 7.29. The second-order valence-electron chi connectivity index (χ2n) is 4.58. The Morgan fingerprint density at radius 2 is 1.67 bits per heavy atom. The van der Waals surface area contributed by atoms with Gasteiger partial charge in [-0.25, -0.2) is 0 Å². The number of benzene rings is 1. The summed E-state index contributed by atoms with van der Waals surface area (Å²) in [6.45, 7) is 1.84. The van der Waals surface area contributed by atoms with Gasteiger partial charge in [0.15, 0.2) is 0 Å². The number of esters is 1. The van der Waals surface area contributed by atoms with Gasteiger partial charge in [-0.3, -0.25) is 4.79 Å². The molecule has 0 saturated heterocycles. The van der Waals surface area contributed by atoms with Crippen LogP contribution in [0.5, 0.6) is 5.75 Å². The maximum absolute atomic E-state index is 10.5. The van der Waals surface area contributed by atoms with E-state index < -0.39 is 0 Å². The van der Waals surface area contributed by atoms with Crippen molar-refractivity contribution < 1.29 is 14.6 Å². The van der Waals surface area contributed by atoms with Gasteiger partial charge in [0, 0.05) is 6.92 Å². The van der Waals surface area contributed by atoms with Crippen LogP contribution in [-0.4, -0.2) is 17.7 Å². The lowest BCUT2D eigenvalue weighted by Crippen LogP contribution is -1.98. The number of aryl methyl sites for hydroxylation is 1. The molecule has 0 fully saturated rings. The van der Waals surface area contributed by atoms with E-state index in [0.29, 0.717) is 12.4 Å². The van der Waals surface area contributed by atoms with Gasteiger partial charge in [-0.1, -0.05) is 48.6 Å². The molecular weight excluding hydrogens is 264 g/mol. The number of allylic oxidation sites excluding steroid dienone is 5. The molecule has 3 heteroatoms. The fourth-order valence-corrected chi connectivity index (χ4v) is 1.66. The molecule has 21 heavy (non-hydrogen) atoms. The second kappa shape index (κ2) is 10.5. The van der Waals surface area contributed by atoms with Gasteiger partial charge in [-0.2, -0.15) is 0 Å². The molecule has 0 heterocycles. The van der Waals surface area contributed by atoms with Crippen molar-refractivity contribution in [2.45, 2.75) is 26.2 Å². The molecule has 0 aliphatic carbocycles. The van der Waals surface area contributed by atoms with Gasteiger partial charge in [-0.15, -0.1) is 0 Å². The molecule has 1 aromatic carbocycles. The molecule has 0 amide bonds. The van der Waals surface area contributed by atoms with Crippen molar-refractivity contribution in [2.75, 3.05) is 6.61 Å². The monoisotopic (exact) mass is 286 g/mol. The van der Waals surface area contributed by atoms with E-state index >= 15 is 0 Å². The van der Waals surface area contributed by atoms with Crippen LogP contribution in [0.15, 0.2) is 60.7 Å². The van der Waals surface area contributed by atoms with Crippen molar-refractivity contribution in [3.8, 4) is 5.75 Å². The predicted molar refractivity (Wildman–Crippen MR) is 85.1 cm³/mol. The largest absolute Gasteiger partial charge is 0.508 e. The van der Waals surface area contributed by atoms with Crippen LogP contribution >= 0.6 is 0 Å². The molecule has 1 N–H and O–H groups in total. The van der Waals surface area contributed by atoms with Gasteiger partial charge in [0.1, 0.15) is 5.75 Å². The number of hydrogen-bond acceptors (Lipinski definition) is 3. The van der Waals surface area contributed by atoms with E-state index in [2.05, 4.69) is 6.08 Å². The van der Waals surface area contributed by atoms with Gasteiger partial charge in [0.2, 0.25) is 0 Å². The van der Waals surface area contributed by atoms with Gasteiger partial charge in [-0.05, 0) is 37.0 Å². The quantitative estimate of drug-likeness (QED) is 0.447. The zero-order valence-electron chi connectivity index (χ0n) is 12.4. The lowest BCUT2D eigenvalue weighted by Gasteiger charge is -1.97. The lowest BCUT2D eigenvalue weighted by molar-refractivity contribution is -0.140. The minimum Gasteiger partial charge on any atom is -0.508 e. The standard InChI is InChI=1S/C18H22O3/c1-16(19)21-15-9-7-5-3-2-4-6-8-10-17-11-13-18(20)14-12-17/h2-7,11-14,20H,8-10,15H2,1H3/b3-2+,6-4+,7-5+. The highest BCUT2D eigenvalue weighted by molar-refractivity contribution is 5.65. The van der Waals surface area contributed by atoms with Gasteiger partial charge in [0.25, 0.3) is 0 Å². The first-order valence-electron chi connectivity index (χ1n) is 7.08. The summed E-state index contributed by atoms with van der Waals surface area (Å²) in [7, 11) is 0. The van der Waals surface area contributed by atoms with E-state index in [-0.39, 0.29) is 5.97 Å². The summed E-state index contributed by atoms with van der Waals surface area (Å²) < 4.78 is 4.81. The molecule has 0 spiro atoms. The summed E-state index contributed by atoms with van der Waals surface area (Å²) >= 11 is 0. The Morgan fingerprint density at radius 3 is 2.29 bits per heavy atom. The third-order valence-corrected chi connectivity index (χ3v) is 2.73. The minimum atomic E-state index is -0.240. The zero-order chi connectivity index (χ0) is 15.3. The Morgan fingerprint density at radius 1 is 1.05 bits per heavy atom. The molecule has 0 radical (unpaired) electrons. The summed E-state index contributed by atoms with van der Waals surface area (Å²) in [5.74, 6) is 0.0632. The summed E-state index contributed by atoms with van der Waals surface area (Å²) in [5, 5.41) is 9.18. The van der Waals surface area contributed by atoms with E-state index in [0.717, 1.165) is 19.3 Å². The summed E-state index contributed by atoms with van der Waals surface area (Å²) in [5.41, 5.74) is 1.21. The number of phenolic OH excluding ortho intramolecular Hbond substituents is 1. The van der Waals surface area contributed by atoms with Crippen LogP contribution in [0.4, 0.5) is 0 Å². The number of carbonyl (C=O) groups excluding carboxylic acids is 1. The third kappa shape index (κ3) is 9.27. The molecule has 112 valence electrons. The minimum absolute atomic E-state index is 0.240. The molecule has 3 nitrogen and oxygen atoms in total. The van der Waals surface area contributed by atoms with Crippen molar-refractivity contribution in [2.24, 2.45) is 0 Å². The average molecular weight is 286 g/mol. The van der Waals surface area contributed by atoms with Crippen molar-refractivity contribution in [1.29, 1.82) is 0 Å². The fraction of sp³-hybridized carbons (Fsp3) is 0.278. The van der Waals surface area contributed by atoms with Crippen LogP contribution < -0.4 is 0 Å². The first-order chi connectivity index (χ1) is 10.2. The molecule has 0 unspecified atom stereocenters. The Bertz CT molecular complexity index is 496. The first kappa shape index (κ1) is 16.8. The maximum Gasteiger partial charge on any atom is 0.302 e. The smallest absolute Gasteiger partial charge is 0.302 e. The topological polar surface area (TPSA) is 46.5 Å². The predicted octanol–water partition coefficient (Wildman–Crippen LogP) is 3.95. The molecular formula is C18H22O3. The number of phenols is 1. The molecule has 0 aliphatic heterocycles. The van der Waals surface area contributed by atoms with Crippen LogP contribution in [0.3, 0.4) is 0 Å². The van der Waals surface area contributed by atoms with E-state index in [9.17, 15) is 9.90 Å². The van der Waals surface area contributed by atoms with E-state index in [4.69, 9.17) is 4.74 Å². The van der Waals surface area contributed by atoms with Gasteiger partial charge >= 0.3 is 5.97 Å². The highest BCUT2D eigenvalue weighted by Crippen LogP contribution is 2.11. The van der Waals surface area contributed by atoms with E-state index in [1.165, 1.54) is 12.5 Å².